The molecule has 1 amide bonds. The third kappa shape index (κ3) is 3.57. The van der Waals surface area contributed by atoms with Gasteiger partial charge in [0.05, 0.1) is 11.6 Å². The number of likely N-dealkylation sites (N-methyl/N-ethyl adjacent to an activating group) is 1. The predicted molar refractivity (Wildman–Crippen MR) is 147 cm³/mol. The van der Waals surface area contributed by atoms with Crippen LogP contribution in [0.1, 0.15) is 53.7 Å². The Morgan fingerprint density at radius 3 is 2.27 bits per heavy atom. The van der Waals surface area contributed by atoms with Crippen molar-refractivity contribution >= 4 is 23.2 Å². The zero-order valence-electron chi connectivity index (χ0n) is 23.8. The van der Waals surface area contributed by atoms with Gasteiger partial charge >= 0.3 is 0 Å². The van der Waals surface area contributed by atoms with E-state index in [-0.39, 0.29) is 35.8 Å². The van der Waals surface area contributed by atoms with Gasteiger partial charge in [0, 0.05) is 56.0 Å². The van der Waals surface area contributed by atoms with Crippen LogP contribution in [-0.2, 0) is 29.1 Å². The summed E-state index contributed by atoms with van der Waals surface area (Å²) in [5.41, 5.74) is 5.00. The zero-order chi connectivity index (χ0) is 29.6. The molecule has 3 aliphatic carbocycles. The van der Waals surface area contributed by atoms with E-state index >= 15 is 0 Å². The van der Waals surface area contributed by atoms with E-state index in [1.807, 2.05) is 19.0 Å². The summed E-state index contributed by atoms with van der Waals surface area (Å²) in [6.45, 7) is 5.30. The minimum absolute atomic E-state index is 0.0641. The molecule has 4 aliphatic rings. The van der Waals surface area contributed by atoms with Gasteiger partial charge in [0.2, 0.25) is 5.78 Å². The number of primary amides is 1. The first-order valence-electron chi connectivity index (χ1n) is 13.6. The van der Waals surface area contributed by atoms with Gasteiger partial charge in [-0.1, -0.05) is 6.92 Å². The molecule has 0 saturated carbocycles. The standard InChI is InChI=1S/C29H38N4O7/c1-7-12(2)33-10-15-16(11-33)23(34)19-14(21(15)31(3)4)8-13-9-17-22(32(5)6)25(36)20(28(30)39)27(38)29(17,40)26(37)18(13)24(19)35/h12-13,17,22,34,36-37,40H,7-11H2,1-6H3,(H2,30,39)/t12-,13+,17+,22+,29+/m1/s1. The van der Waals surface area contributed by atoms with Crippen LogP contribution in [0.15, 0.2) is 22.7 Å². The molecule has 5 rings (SSSR count). The van der Waals surface area contributed by atoms with Gasteiger partial charge in [-0.05, 0) is 57.3 Å². The number of phenolic OH excluding ortho intramolecular Hbond substituents is 1. The number of rotatable bonds is 5. The molecule has 5 atom stereocenters. The van der Waals surface area contributed by atoms with Gasteiger partial charge in [-0.2, -0.15) is 0 Å². The first kappa shape index (κ1) is 28.1. The van der Waals surface area contributed by atoms with Crippen molar-refractivity contribution in [2.24, 2.45) is 17.6 Å². The number of allylic oxidation sites excluding steroid dienone is 1. The normalized spacial score (nSPS) is 28.9. The van der Waals surface area contributed by atoms with E-state index in [4.69, 9.17) is 5.73 Å². The smallest absolute Gasteiger partial charge is 0.255 e. The van der Waals surface area contributed by atoms with Crippen molar-refractivity contribution in [3.05, 3.63) is 44.9 Å². The van der Waals surface area contributed by atoms with Gasteiger partial charge in [-0.15, -0.1) is 0 Å². The van der Waals surface area contributed by atoms with E-state index in [2.05, 4.69) is 18.7 Å². The lowest BCUT2D eigenvalue weighted by Gasteiger charge is -2.50. The molecular formula is C29H38N4O7. The number of Topliss-reactive ketones (excluding diaryl/α,β-unsaturated/α-hetero) is 2. The summed E-state index contributed by atoms with van der Waals surface area (Å²) in [6, 6.07) is -0.758. The minimum atomic E-state index is -2.64. The van der Waals surface area contributed by atoms with Gasteiger partial charge in [0.25, 0.3) is 5.91 Å². The second-order valence-corrected chi connectivity index (χ2v) is 12.0. The topological polar surface area (TPSA) is 168 Å². The number of hydrogen-bond donors (Lipinski definition) is 5. The molecular weight excluding hydrogens is 516 g/mol. The van der Waals surface area contributed by atoms with Crippen molar-refractivity contribution in [2.75, 3.05) is 33.1 Å². The molecule has 1 aliphatic heterocycles. The molecule has 1 aromatic rings. The molecule has 40 heavy (non-hydrogen) atoms. The Morgan fingerprint density at radius 2 is 1.73 bits per heavy atom. The number of nitrogens with zero attached hydrogens (tertiary/aromatic N) is 3. The Labute approximate surface area is 233 Å². The van der Waals surface area contributed by atoms with E-state index < -0.39 is 58.0 Å². The highest BCUT2D eigenvalue weighted by Gasteiger charge is 2.63. The summed E-state index contributed by atoms with van der Waals surface area (Å²) < 4.78 is 0. The average molecular weight is 555 g/mol. The lowest BCUT2D eigenvalue weighted by molar-refractivity contribution is -0.148. The number of carbonyl (C=O) groups excluding carboxylic acids is 3. The number of aromatic hydroxyl groups is 1. The lowest BCUT2D eigenvalue weighted by Crippen LogP contribution is -2.63. The highest BCUT2D eigenvalue weighted by molar-refractivity contribution is 6.25. The Bertz CT molecular complexity index is 1410. The van der Waals surface area contributed by atoms with Crippen LogP contribution in [0.5, 0.6) is 5.75 Å². The summed E-state index contributed by atoms with van der Waals surface area (Å²) in [4.78, 5) is 45.5. The average Bonchev–Trinajstić information content (AvgIpc) is 3.30. The Morgan fingerprint density at radius 1 is 1.10 bits per heavy atom. The number of hydrogen-bond acceptors (Lipinski definition) is 10. The Hall–Kier alpha value is -3.41. The molecule has 0 aromatic heterocycles. The van der Waals surface area contributed by atoms with Crippen LogP contribution in [0, 0.1) is 11.8 Å². The molecule has 0 radical (unpaired) electrons. The Kier molecular flexibility index (Phi) is 6.56. The van der Waals surface area contributed by atoms with Gasteiger partial charge in [0.15, 0.2) is 11.4 Å². The molecule has 0 unspecified atom stereocenters. The van der Waals surface area contributed by atoms with Crippen LogP contribution in [0.4, 0.5) is 5.69 Å². The number of anilines is 1. The fraction of sp³-hybridized carbons (Fsp3) is 0.552. The van der Waals surface area contributed by atoms with Crippen LogP contribution < -0.4 is 10.6 Å². The number of aliphatic hydroxyl groups excluding tert-OH is 2. The minimum Gasteiger partial charge on any atom is -0.510 e. The monoisotopic (exact) mass is 554 g/mol. The maximum atomic E-state index is 14.2. The number of nitrogens with two attached hydrogens (primary N) is 1. The van der Waals surface area contributed by atoms with Crippen molar-refractivity contribution < 1.29 is 34.8 Å². The summed E-state index contributed by atoms with van der Waals surface area (Å²) >= 11 is 0. The maximum absolute atomic E-state index is 14.2. The number of benzene rings is 1. The zero-order valence-corrected chi connectivity index (χ0v) is 23.8. The van der Waals surface area contributed by atoms with Crippen LogP contribution >= 0.6 is 0 Å². The van der Waals surface area contributed by atoms with Crippen molar-refractivity contribution in [1.29, 1.82) is 0 Å². The van der Waals surface area contributed by atoms with Crippen LogP contribution in [0.3, 0.4) is 0 Å². The van der Waals surface area contributed by atoms with E-state index in [0.29, 0.717) is 24.2 Å². The fourth-order valence-electron chi connectivity index (χ4n) is 7.39. The number of fused-ring (bicyclic) bond motifs is 4. The molecule has 1 heterocycles. The number of phenols is 1. The second kappa shape index (κ2) is 9.32. The first-order chi connectivity index (χ1) is 18.7. The highest BCUT2D eigenvalue weighted by Crippen LogP contribution is 2.54. The number of ketones is 2. The second-order valence-electron chi connectivity index (χ2n) is 12.0. The van der Waals surface area contributed by atoms with E-state index in [0.717, 1.165) is 17.7 Å². The van der Waals surface area contributed by atoms with Crippen LogP contribution in [0.25, 0.3) is 0 Å². The van der Waals surface area contributed by atoms with Crippen molar-refractivity contribution in [3.8, 4) is 5.75 Å². The van der Waals surface area contributed by atoms with Gasteiger partial charge < -0.3 is 31.1 Å². The quantitative estimate of drug-likeness (QED) is 0.335. The van der Waals surface area contributed by atoms with E-state index in [9.17, 15) is 34.8 Å². The van der Waals surface area contributed by atoms with Crippen LogP contribution in [-0.4, -0.2) is 93.6 Å². The molecule has 11 nitrogen and oxygen atoms in total. The van der Waals surface area contributed by atoms with E-state index in [1.54, 1.807) is 19.0 Å². The first-order valence-corrected chi connectivity index (χ1v) is 13.6. The van der Waals surface area contributed by atoms with Crippen LogP contribution in [0.2, 0.25) is 0 Å². The summed E-state index contributed by atoms with van der Waals surface area (Å²) in [5, 5.41) is 45.8. The Balaban J connectivity index is 1.72. The van der Waals surface area contributed by atoms with Gasteiger partial charge in [-0.3, -0.25) is 24.2 Å². The molecule has 6 N–H and O–H groups in total. The maximum Gasteiger partial charge on any atom is 0.255 e. The molecule has 0 fully saturated rings. The SMILES string of the molecule is CC[C@@H](C)N1Cc2c(O)c3c(c(N(C)C)c2C1)C[C@H]1C[C@H]2[C@H](N(C)C)C(O)=C(C(N)=O)C(=O)[C@@]2(O)C(O)=C1C3=O. The number of carbonyl (C=O) groups is 3. The largest absolute Gasteiger partial charge is 0.510 e. The van der Waals surface area contributed by atoms with E-state index in [1.165, 1.54) is 0 Å². The molecule has 0 bridgehead atoms. The summed E-state index contributed by atoms with van der Waals surface area (Å²) in [5.74, 6) is -6.36. The molecule has 0 spiro atoms. The number of amides is 1. The lowest BCUT2D eigenvalue weighted by atomic mass is 9.58. The van der Waals surface area contributed by atoms with Gasteiger partial charge in [0.1, 0.15) is 22.8 Å². The van der Waals surface area contributed by atoms with Crippen molar-refractivity contribution in [2.45, 2.75) is 63.9 Å². The van der Waals surface area contributed by atoms with Crippen molar-refractivity contribution in [1.82, 2.24) is 9.80 Å². The third-order valence-corrected chi connectivity index (χ3v) is 9.46. The summed E-state index contributed by atoms with van der Waals surface area (Å²) in [7, 11) is 7.01. The number of aliphatic hydroxyl groups is 3. The van der Waals surface area contributed by atoms with Gasteiger partial charge in [-0.25, -0.2) is 0 Å². The summed E-state index contributed by atoms with van der Waals surface area (Å²) in [6.07, 6.45) is 1.25. The third-order valence-electron chi connectivity index (χ3n) is 9.46. The fourth-order valence-corrected chi connectivity index (χ4v) is 7.39. The predicted octanol–water partition coefficient (Wildman–Crippen LogP) is 1.30. The van der Waals surface area contributed by atoms with Crippen molar-refractivity contribution in [3.63, 3.8) is 0 Å². The highest BCUT2D eigenvalue weighted by atomic mass is 16.3. The molecule has 1 aromatic carbocycles. The molecule has 0 saturated heterocycles. The molecule has 11 heteroatoms. The molecule has 216 valence electrons.